The highest BCUT2D eigenvalue weighted by atomic mass is 32.1. The molecule has 88 valence electrons. The molecule has 1 fully saturated rings. The van der Waals surface area contributed by atoms with E-state index in [1.165, 1.54) is 11.3 Å². The lowest BCUT2D eigenvalue weighted by Crippen LogP contribution is -2.44. The summed E-state index contributed by atoms with van der Waals surface area (Å²) in [6.45, 7) is 4.23. The van der Waals surface area contributed by atoms with Crippen molar-refractivity contribution in [3.63, 3.8) is 0 Å². The predicted octanol–water partition coefficient (Wildman–Crippen LogP) is 2.33. The Kier molecular flexibility index (Phi) is 2.66. The van der Waals surface area contributed by atoms with E-state index in [9.17, 15) is 4.79 Å². The molecule has 1 aromatic rings. The van der Waals surface area contributed by atoms with Gasteiger partial charge >= 0.3 is 5.97 Å². The van der Waals surface area contributed by atoms with Gasteiger partial charge in [0.25, 0.3) is 0 Å². The first-order valence-corrected chi connectivity index (χ1v) is 6.22. The summed E-state index contributed by atoms with van der Waals surface area (Å²) < 4.78 is 0. The Morgan fingerprint density at radius 1 is 1.75 bits per heavy atom. The fraction of sp³-hybridized carbons (Fsp3) is 0.636. The smallest absolute Gasteiger partial charge is 0.303 e. The van der Waals surface area contributed by atoms with E-state index in [1.54, 1.807) is 0 Å². The van der Waals surface area contributed by atoms with Crippen molar-refractivity contribution in [2.45, 2.75) is 32.6 Å². The van der Waals surface area contributed by atoms with E-state index >= 15 is 0 Å². The van der Waals surface area contributed by atoms with Crippen LogP contribution in [0.3, 0.4) is 0 Å². The Balaban J connectivity index is 2.09. The summed E-state index contributed by atoms with van der Waals surface area (Å²) in [6, 6.07) is 0. The Labute approximate surface area is 98.5 Å². The lowest BCUT2D eigenvalue weighted by molar-refractivity contribution is -0.141. The molecule has 3 N–H and O–H groups in total. The van der Waals surface area contributed by atoms with Crippen LogP contribution in [0.1, 0.15) is 38.3 Å². The lowest BCUT2D eigenvalue weighted by Gasteiger charge is -2.51. The molecule has 1 aromatic heterocycles. The Bertz CT molecular complexity index is 414. The number of carbonyl (C=O) groups is 1. The van der Waals surface area contributed by atoms with Gasteiger partial charge in [-0.05, 0) is 17.8 Å². The summed E-state index contributed by atoms with van der Waals surface area (Å²) in [7, 11) is 0. The Morgan fingerprint density at radius 2 is 2.44 bits per heavy atom. The molecule has 0 unspecified atom stereocenters. The van der Waals surface area contributed by atoms with E-state index in [2.05, 4.69) is 18.8 Å². The Hall–Kier alpha value is -1.10. The minimum Gasteiger partial charge on any atom is -0.481 e. The number of rotatable bonds is 3. The second-order valence-electron chi connectivity index (χ2n) is 5.02. The number of aromatic nitrogens is 1. The maximum atomic E-state index is 10.7. The molecule has 1 heterocycles. The summed E-state index contributed by atoms with van der Waals surface area (Å²) >= 11 is 1.45. The maximum Gasteiger partial charge on any atom is 0.303 e. The quantitative estimate of drug-likeness (QED) is 0.850. The summed E-state index contributed by atoms with van der Waals surface area (Å²) in [5, 5.41) is 11.4. The van der Waals surface area contributed by atoms with E-state index in [0.29, 0.717) is 11.0 Å². The number of nitrogens with two attached hydrogens (primary N) is 1. The number of carboxylic acid groups (broad SMARTS) is 1. The van der Waals surface area contributed by atoms with Gasteiger partial charge in [-0.15, -0.1) is 11.3 Å². The zero-order chi connectivity index (χ0) is 11.9. The standard InChI is InChI=1S/C11H16N2O2S/c1-11(2)6(4-9(14)15)3-7(11)8-5-16-10(12)13-8/h5-7H,3-4H2,1-2H3,(H2,12,13)(H,14,15)/t6-,7-/m0/s1. The normalized spacial score (nSPS) is 27.4. The average Bonchev–Trinajstić information content (AvgIpc) is 2.58. The highest BCUT2D eigenvalue weighted by Gasteiger charge is 2.50. The van der Waals surface area contributed by atoms with Gasteiger partial charge < -0.3 is 10.8 Å². The second-order valence-corrected chi connectivity index (χ2v) is 5.90. The highest BCUT2D eigenvalue weighted by Crippen LogP contribution is 2.58. The van der Waals surface area contributed by atoms with E-state index < -0.39 is 5.97 Å². The molecule has 1 saturated carbocycles. The number of thiazole rings is 1. The summed E-state index contributed by atoms with van der Waals surface area (Å²) in [4.78, 5) is 15.0. The van der Waals surface area contributed by atoms with Crippen molar-refractivity contribution in [1.82, 2.24) is 4.98 Å². The molecule has 0 bridgehead atoms. The summed E-state index contributed by atoms with van der Waals surface area (Å²) in [6.07, 6.45) is 1.16. The van der Waals surface area contributed by atoms with Crippen LogP contribution in [-0.2, 0) is 4.79 Å². The highest BCUT2D eigenvalue weighted by molar-refractivity contribution is 7.13. The minimum atomic E-state index is -0.714. The van der Waals surface area contributed by atoms with Gasteiger partial charge in [-0.2, -0.15) is 0 Å². The van der Waals surface area contributed by atoms with Crippen LogP contribution in [0, 0.1) is 11.3 Å². The van der Waals surface area contributed by atoms with E-state index in [1.807, 2.05) is 5.38 Å². The fourth-order valence-corrected chi connectivity index (χ4v) is 3.15. The molecule has 0 spiro atoms. The average molecular weight is 240 g/mol. The zero-order valence-corrected chi connectivity index (χ0v) is 10.3. The Morgan fingerprint density at radius 3 is 2.88 bits per heavy atom. The van der Waals surface area contributed by atoms with Crippen LogP contribution < -0.4 is 5.73 Å². The van der Waals surface area contributed by atoms with E-state index in [-0.39, 0.29) is 17.8 Å². The molecule has 5 heteroatoms. The SMILES string of the molecule is CC1(C)[C@H](CC(=O)O)C[C@H]1c1csc(N)n1. The number of anilines is 1. The van der Waals surface area contributed by atoms with Crippen LogP contribution in [-0.4, -0.2) is 16.1 Å². The third-order valence-corrected chi connectivity index (χ3v) is 4.48. The van der Waals surface area contributed by atoms with Gasteiger partial charge in [0.05, 0.1) is 5.69 Å². The summed E-state index contributed by atoms with van der Waals surface area (Å²) in [5.74, 6) is -0.113. The van der Waals surface area contributed by atoms with Crippen molar-refractivity contribution in [3.05, 3.63) is 11.1 Å². The number of hydrogen-bond donors (Lipinski definition) is 2. The number of carboxylic acids is 1. The first-order chi connectivity index (χ1) is 7.41. The topological polar surface area (TPSA) is 76.2 Å². The summed E-state index contributed by atoms with van der Waals surface area (Å²) in [5.41, 5.74) is 6.65. The van der Waals surface area contributed by atoms with Gasteiger partial charge in [0.1, 0.15) is 0 Å². The molecule has 0 aromatic carbocycles. The molecule has 2 atom stereocenters. The first kappa shape index (κ1) is 11.4. The van der Waals surface area contributed by atoms with Crippen molar-refractivity contribution < 1.29 is 9.90 Å². The molecule has 16 heavy (non-hydrogen) atoms. The number of hydrogen-bond acceptors (Lipinski definition) is 4. The van der Waals surface area contributed by atoms with Crippen LogP contribution in [0.4, 0.5) is 5.13 Å². The monoisotopic (exact) mass is 240 g/mol. The lowest BCUT2D eigenvalue weighted by atomic mass is 9.53. The predicted molar refractivity (Wildman–Crippen MR) is 63.4 cm³/mol. The largest absolute Gasteiger partial charge is 0.481 e. The third kappa shape index (κ3) is 1.80. The molecular formula is C11H16N2O2S. The van der Waals surface area contributed by atoms with Gasteiger partial charge in [0, 0.05) is 17.7 Å². The molecule has 1 aliphatic rings. The molecule has 0 radical (unpaired) electrons. The van der Waals surface area contributed by atoms with Gasteiger partial charge in [-0.1, -0.05) is 13.8 Å². The first-order valence-electron chi connectivity index (χ1n) is 5.34. The van der Waals surface area contributed by atoms with Crippen LogP contribution in [0.15, 0.2) is 5.38 Å². The van der Waals surface area contributed by atoms with Crippen LogP contribution in [0.25, 0.3) is 0 Å². The van der Waals surface area contributed by atoms with Crippen molar-refractivity contribution in [2.24, 2.45) is 11.3 Å². The number of nitrogen functional groups attached to an aromatic ring is 1. The van der Waals surface area contributed by atoms with Gasteiger partial charge in [0.15, 0.2) is 5.13 Å². The molecule has 0 saturated heterocycles. The van der Waals surface area contributed by atoms with E-state index in [4.69, 9.17) is 10.8 Å². The van der Waals surface area contributed by atoms with Gasteiger partial charge in [-0.25, -0.2) is 4.98 Å². The molecule has 0 amide bonds. The molecule has 2 rings (SSSR count). The second kappa shape index (κ2) is 3.73. The maximum absolute atomic E-state index is 10.7. The van der Waals surface area contributed by atoms with Crippen LogP contribution >= 0.6 is 11.3 Å². The zero-order valence-electron chi connectivity index (χ0n) is 9.43. The van der Waals surface area contributed by atoms with Crippen molar-refractivity contribution in [1.29, 1.82) is 0 Å². The fourth-order valence-electron chi connectivity index (χ4n) is 2.54. The van der Waals surface area contributed by atoms with Gasteiger partial charge in [0.2, 0.25) is 0 Å². The van der Waals surface area contributed by atoms with E-state index in [0.717, 1.165) is 12.1 Å². The molecule has 1 aliphatic carbocycles. The van der Waals surface area contributed by atoms with Gasteiger partial charge in [-0.3, -0.25) is 4.79 Å². The van der Waals surface area contributed by atoms with Crippen molar-refractivity contribution >= 4 is 22.4 Å². The molecule has 0 aliphatic heterocycles. The number of nitrogens with zero attached hydrogens (tertiary/aromatic N) is 1. The third-order valence-electron chi connectivity index (χ3n) is 3.79. The van der Waals surface area contributed by atoms with Crippen molar-refractivity contribution in [3.8, 4) is 0 Å². The number of aliphatic carboxylic acids is 1. The minimum absolute atomic E-state index is 0.0128. The molecular weight excluding hydrogens is 224 g/mol. The van der Waals surface area contributed by atoms with Crippen LogP contribution in [0.5, 0.6) is 0 Å². The van der Waals surface area contributed by atoms with Crippen LogP contribution in [0.2, 0.25) is 0 Å². The molecule has 4 nitrogen and oxygen atoms in total. The van der Waals surface area contributed by atoms with Crippen molar-refractivity contribution in [2.75, 3.05) is 5.73 Å².